The summed E-state index contributed by atoms with van der Waals surface area (Å²) >= 11 is 0. The molecule has 108 valence electrons. The molecule has 0 radical (unpaired) electrons. The van der Waals surface area contributed by atoms with Gasteiger partial charge in [-0.1, -0.05) is 42.5 Å². The molecule has 21 heavy (non-hydrogen) atoms. The van der Waals surface area contributed by atoms with Crippen molar-refractivity contribution in [3.8, 4) is 0 Å². The number of hydrogen-bond donors (Lipinski definition) is 0. The average molecular weight is 296 g/mol. The summed E-state index contributed by atoms with van der Waals surface area (Å²) in [5, 5.41) is 0.637. The van der Waals surface area contributed by atoms with Crippen LogP contribution in [0.25, 0.3) is 10.8 Å². The lowest BCUT2D eigenvalue weighted by Gasteiger charge is -2.27. The zero-order valence-corrected chi connectivity index (χ0v) is 10.3. The predicted octanol–water partition coefficient (Wildman–Crippen LogP) is 3.29. The molecule has 1 atom stereocenters. The van der Waals surface area contributed by atoms with Gasteiger partial charge in [0.25, 0.3) is 0 Å². The van der Waals surface area contributed by atoms with Crippen LogP contribution >= 0.6 is 0 Å². The maximum absolute atomic E-state index is 13.5. The zero-order valence-electron chi connectivity index (χ0n) is 10.3. The van der Waals surface area contributed by atoms with Crippen LogP contribution in [-0.2, 0) is 19.9 Å². The smallest absolute Gasteiger partial charge is 0.400 e. The molecule has 0 bridgehead atoms. The van der Waals surface area contributed by atoms with E-state index in [9.17, 15) is 22.8 Å². The fourth-order valence-electron chi connectivity index (χ4n) is 2.36. The molecule has 4 nitrogen and oxygen atoms in total. The quantitative estimate of drug-likeness (QED) is 0.598. The number of esters is 1. The number of rotatable bonds is 1. The molecule has 0 spiro atoms. The Labute approximate surface area is 116 Å². The molecule has 1 fully saturated rings. The molecule has 1 saturated heterocycles. The van der Waals surface area contributed by atoms with Gasteiger partial charge in [-0.25, -0.2) is 9.59 Å². The Hall–Kier alpha value is -2.57. The summed E-state index contributed by atoms with van der Waals surface area (Å²) < 4.78 is 48.7. The van der Waals surface area contributed by atoms with Crippen LogP contribution < -0.4 is 0 Å². The van der Waals surface area contributed by atoms with Crippen LogP contribution in [0.15, 0.2) is 42.5 Å². The van der Waals surface area contributed by atoms with E-state index in [1.54, 1.807) is 18.2 Å². The van der Waals surface area contributed by atoms with E-state index in [0.29, 0.717) is 5.39 Å². The Morgan fingerprint density at radius 2 is 1.62 bits per heavy atom. The maximum atomic E-state index is 13.5. The molecule has 0 aromatic heterocycles. The van der Waals surface area contributed by atoms with E-state index in [4.69, 9.17) is 0 Å². The Bertz CT molecular complexity index is 748. The van der Waals surface area contributed by atoms with E-state index in [1.807, 2.05) is 0 Å². The number of cyclic esters (lactones) is 3. The van der Waals surface area contributed by atoms with Crippen LogP contribution in [0, 0.1) is 0 Å². The van der Waals surface area contributed by atoms with E-state index >= 15 is 0 Å². The number of carbonyl (C=O) groups excluding carboxylic acids is 2. The second kappa shape index (κ2) is 4.21. The third kappa shape index (κ3) is 1.77. The number of ether oxygens (including phenoxy) is 2. The number of carbonyl (C=O) groups is 2. The first-order chi connectivity index (χ1) is 9.86. The van der Waals surface area contributed by atoms with Crippen molar-refractivity contribution in [2.24, 2.45) is 0 Å². The standard InChI is InChI=1S/C14H7F3O4/c15-14(16,17)13(11(18)20-12(19)21-13)10-7-3-5-8-4-1-2-6-9(8)10/h1-7H. The summed E-state index contributed by atoms with van der Waals surface area (Å²) in [6.07, 6.45) is -6.80. The first-order valence-electron chi connectivity index (χ1n) is 5.86. The highest BCUT2D eigenvalue weighted by Gasteiger charge is 2.71. The third-order valence-corrected chi connectivity index (χ3v) is 3.27. The van der Waals surface area contributed by atoms with Gasteiger partial charge >= 0.3 is 23.9 Å². The number of alkyl halides is 3. The lowest BCUT2D eigenvalue weighted by molar-refractivity contribution is -0.246. The third-order valence-electron chi connectivity index (χ3n) is 3.27. The van der Waals surface area contributed by atoms with Crippen molar-refractivity contribution in [2.45, 2.75) is 11.8 Å². The Morgan fingerprint density at radius 3 is 2.24 bits per heavy atom. The van der Waals surface area contributed by atoms with Crippen molar-refractivity contribution < 1.29 is 32.2 Å². The molecular formula is C14H7F3O4. The van der Waals surface area contributed by atoms with Crippen molar-refractivity contribution in [1.29, 1.82) is 0 Å². The molecule has 0 aliphatic carbocycles. The van der Waals surface area contributed by atoms with Crippen molar-refractivity contribution in [2.75, 3.05) is 0 Å². The fourth-order valence-corrected chi connectivity index (χ4v) is 2.36. The van der Waals surface area contributed by atoms with Gasteiger partial charge in [-0.2, -0.15) is 13.2 Å². The van der Waals surface area contributed by atoms with E-state index < -0.39 is 29.5 Å². The minimum Gasteiger partial charge on any atom is -0.400 e. The van der Waals surface area contributed by atoms with Crippen LogP contribution in [0.3, 0.4) is 0 Å². The monoisotopic (exact) mass is 296 g/mol. The summed E-state index contributed by atoms with van der Waals surface area (Å²) in [6.45, 7) is 0. The van der Waals surface area contributed by atoms with Gasteiger partial charge in [0.1, 0.15) is 0 Å². The van der Waals surface area contributed by atoms with Gasteiger partial charge in [0.15, 0.2) is 0 Å². The summed E-state index contributed by atoms with van der Waals surface area (Å²) in [5.41, 5.74) is -3.89. The predicted molar refractivity (Wildman–Crippen MR) is 64.3 cm³/mol. The number of fused-ring (bicyclic) bond motifs is 1. The fraction of sp³-hybridized carbons (Fsp3) is 0.143. The molecule has 0 amide bonds. The molecule has 3 rings (SSSR count). The SMILES string of the molecule is O=C1OC(=O)C(c2cccc3ccccc23)(C(F)(F)F)O1. The average Bonchev–Trinajstić information content (AvgIpc) is 2.73. The van der Waals surface area contributed by atoms with Crippen molar-refractivity contribution in [1.82, 2.24) is 0 Å². The van der Waals surface area contributed by atoms with Crippen molar-refractivity contribution >= 4 is 22.9 Å². The number of hydrogen-bond acceptors (Lipinski definition) is 4. The van der Waals surface area contributed by atoms with Crippen LogP contribution in [0.5, 0.6) is 0 Å². The minimum atomic E-state index is -5.14. The summed E-state index contributed by atoms with van der Waals surface area (Å²) in [6, 6.07) is 10.2. The Kier molecular flexibility index (Phi) is 2.69. The highest BCUT2D eigenvalue weighted by atomic mass is 19.4. The largest absolute Gasteiger partial charge is 0.518 e. The number of halogens is 3. The van der Waals surface area contributed by atoms with Crippen molar-refractivity contribution in [3.05, 3.63) is 48.0 Å². The van der Waals surface area contributed by atoms with Crippen LogP contribution in [0.2, 0.25) is 0 Å². The Balaban J connectivity index is 2.36. The van der Waals surface area contributed by atoms with Gasteiger partial charge in [0, 0.05) is 5.56 Å². The molecule has 7 heteroatoms. The van der Waals surface area contributed by atoms with Gasteiger partial charge in [0.05, 0.1) is 0 Å². The first-order valence-corrected chi connectivity index (χ1v) is 5.86. The van der Waals surface area contributed by atoms with Gasteiger partial charge in [0.2, 0.25) is 0 Å². The molecule has 1 aliphatic rings. The minimum absolute atomic E-state index is 0.156. The van der Waals surface area contributed by atoms with Crippen molar-refractivity contribution in [3.63, 3.8) is 0 Å². The van der Waals surface area contributed by atoms with Crippen LogP contribution in [-0.4, -0.2) is 18.3 Å². The normalized spacial score (nSPS) is 22.2. The van der Waals surface area contributed by atoms with Gasteiger partial charge < -0.3 is 9.47 Å². The lowest BCUT2D eigenvalue weighted by Crippen LogP contribution is -2.47. The molecule has 0 N–H and O–H groups in total. The highest BCUT2D eigenvalue weighted by molar-refractivity contribution is 6.00. The van der Waals surface area contributed by atoms with Crippen LogP contribution in [0.1, 0.15) is 5.56 Å². The van der Waals surface area contributed by atoms with E-state index in [2.05, 4.69) is 9.47 Å². The summed E-state index contributed by atoms with van der Waals surface area (Å²) in [5.74, 6) is -1.78. The molecule has 1 aliphatic heterocycles. The van der Waals surface area contributed by atoms with Gasteiger partial charge in [-0.15, -0.1) is 0 Å². The van der Waals surface area contributed by atoms with Gasteiger partial charge in [-0.3, -0.25) is 0 Å². The maximum Gasteiger partial charge on any atom is 0.518 e. The molecule has 2 aromatic rings. The number of benzene rings is 2. The summed E-state index contributed by atoms with van der Waals surface area (Å²) in [7, 11) is 0. The second-order valence-corrected chi connectivity index (χ2v) is 4.45. The molecule has 2 aromatic carbocycles. The van der Waals surface area contributed by atoms with E-state index in [-0.39, 0.29) is 5.39 Å². The molecular weight excluding hydrogens is 289 g/mol. The lowest BCUT2D eigenvalue weighted by atomic mass is 9.88. The second-order valence-electron chi connectivity index (χ2n) is 4.45. The van der Waals surface area contributed by atoms with E-state index in [0.717, 1.165) is 6.07 Å². The molecule has 1 heterocycles. The topological polar surface area (TPSA) is 52.6 Å². The molecule has 1 unspecified atom stereocenters. The first kappa shape index (κ1) is 13.4. The van der Waals surface area contributed by atoms with Crippen LogP contribution in [0.4, 0.5) is 18.0 Å². The van der Waals surface area contributed by atoms with E-state index in [1.165, 1.54) is 18.2 Å². The zero-order chi connectivity index (χ0) is 15.3. The van der Waals surface area contributed by atoms with Gasteiger partial charge in [-0.05, 0) is 10.8 Å². The Morgan fingerprint density at radius 1 is 0.952 bits per heavy atom. The highest BCUT2D eigenvalue weighted by Crippen LogP contribution is 2.48. The molecule has 0 saturated carbocycles. The summed E-state index contributed by atoms with van der Waals surface area (Å²) in [4.78, 5) is 22.8.